The quantitative estimate of drug-likeness (QED) is 0.470. The lowest BCUT2D eigenvalue weighted by Crippen LogP contribution is -2.36. The second-order valence-corrected chi connectivity index (χ2v) is 7.36. The molecule has 6 nitrogen and oxygen atoms in total. The van der Waals surface area contributed by atoms with Gasteiger partial charge in [-0.05, 0) is 62.2 Å². The third-order valence-corrected chi connectivity index (χ3v) is 5.16. The summed E-state index contributed by atoms with van der Waals surface area (Å²) < 4.78 is 6.33. The summed E-state index contributed by atoms with van der Waals surface area (Å²) in [5, 5.41) is 6.11. The number of fused-ring (bicyclic) bond motifs is 1. The summed E-state index contributed by atoms with van der Waals surface area (Å²) >= 11 is 1.63. The summed E-state index contributed by atoms with van der Waals surface area (Å²) in [6, 6.07) is 13.5. The molecule has 0 saturated carbocycles. The van der Waals surface area contributed by atoms with Gasteiger partial charge >= 0.3 is 11.8 Å². The molecular formula is C21H23N3O3S. The fourth-order valence-electron chi connectivity index (χ4n) is 2.64. The van der Waals surface area contributed by atoms with E-state index in [0.717, 1.165) is 20.8 Å². The number of aryl methyl sites for hydroxylation is 1. The third-order valence-electron chi connectivity index (χ3n) is 4.10. The fourth-order valence-corrected chi connectivity index (χ4v) is 3.71. The van der Waals surface area contributed by atoms with E-state index in [9.17, 15) is 9.59 Å². The van der Waals surface area contributed by atoms with Gasteiger partial charge in [-0.3, -0.25) is 9.59 Å². The molecular weight excluding hydrogens is 374 g/mol. The Hall–Kier alpha value is -2.77. The first-order valence-electron chi connectivity index (χ1n) is 9.21. The predicted molar refractivity (Wildman–Crippen MR) is 113 cm³/mol. The van der Waals surface area contributed by atoms with Crippen LogP contribution >= 0.6 is 11.3 Å². The van der Waals surface area contributed by atoms with Crippen LogP contribution in [0.4, 0.5) is 5.69 Å². The average molecular weight is 398 g/mol. The summed E-state index contributed by atoms with van der Waals surface area (Å²) in [4.78, 5) is 28.4. The molecule has 0 atom stereocenters. The predicted octanol–water partition coefficient (Wildman–Crippen LogP) is 3.75. The number of ether oxygens (including phenoxy) is 1. The summed E-state index contributed by atoms with van der Waals surface area (Å²) in [5.74, 6) is -1.33. The highest BCUT2D eigenvalue weighted by Gasteiger charge is 2.13. The summed E-state index contributed by atoms with van der Waals surface area (Å²) in [6.45, 7) is 5.58. The molecule has 2 amide bonds. The molecule has 28 heavy (non-hydrogen) atoms. The Morgan fingerprint density at radius 2 is 1.89 bits per heavy atom. The Morgan fingerprint density at radius 3 is 2.64 bits per heavy atom. The number of thiazole rings is 1. The van der Waals surface area contributed by atoms with Gasteiger partial charge in [-0.2, -0.15) is 0 Å². The minimum absolute atomic E-state index is 0.405. The van der Waals surface area contributed by atoms with E-state index in [2.05, 4.69) is 28.6 Å². The molecule has 146 valence electrons. The van der Waals surface area contributed by atoms with Gasteiger partial charge in [0.2, 0.25) is 0 Å². The largest absolute Gasteiger partial charge is 0.382 e. The van der Waals surface area contributed by atoms with Crippen molar-refractivity contribution < 1.29 is 14.3 Å². The zero-order chi connectivity index (χ0) is 19.9. The first-order valence-corrected chi connectivity index (χ1v) is 10.0. The van der Waals surface area contributed by atoms with Crippen molar-refractivity contribution in [2.24, 2.45) is 0 Å². The van der Waals surface area contributed by atoms with E-state index in [0.29, 0.717) is 31.9 Å². The maximum Gasteiger partial charge on any atom is 0.313 e. The Morgan fingerprint density at radius 1 is 1.11 bits per heavy atom. The number of carbonyl (C=O) groups excluding carboxylic acids is 2. The molecule has 2 aromatic carbocycles. The second kappa shape index (κ2) is 9.43. The lowest BCUT2D eigenvalue weighted by Gasteiger charge is -2.07. The number of anilines is 1. The van der Waals surface area contributed by atoms with Gasteiger partial charge in [0, 0.05) is 31.0 Å². The number of nitrogens with one attached hydrogen (secondary N) is 2. The van der Waals surface area contributed by atoms with Gasteiger partial charge in [-0.25, -0.2) is 4.98 Å². The highest BCUT2D eigenvalue weighted by molar-refractivity contribution is 7.21. The Kier molecular flexibility index (Phi) is 6.73. The van der Waals surface area contributed by atoms with Crippen LogP contribution in [0.5, 0.6) is 0 Å². The van der Waals surface area contributed by atoms with Crippen LogP contribution in [0.1, 0.15) is 18.9 Å². The number of rotatable bonds is 7. The number of nitrogens with zero attached hydrogens (tertiary/aromatic N) is 1. The summed E-state index contributed by atoms with van der Waals surface area (Å²) in [7, 11) is 0. The fraction of sp³-hybridized carbons (Fsp3) is 0.286. The lowest BCUT2D eigenvalue weighted by atomic mass is 10.2. The van der Waals surface area contributed by atoms with E-state index < -0.39 is 11.8 Å². The molecule has 3 aromatic rings. The molecule has 7 heteroatoms. The Labute approximate surface area is 167 Å². The highest BCUT2D eigenvalue weighted by Crippen LogP contribution is 2.31. The SMILES string of the molecule is CCOCCCNC(=O)C(=O)Nc1ccc(-c2nc3ccc(C)cc3s2)cc1. The number of benzene rings is 2. The number of aromatic nitrogens is 1. The topological polar surface area (TPSA) is 80.3 Å². The first-order chi connectivity index (χ1) is 13.6. The van der Waals surface area contributed by atoms with E-state index in [-0.39, 0.29) is 0 Å². The van der Waals surface area contributed by atoms with Crippen LogP contribution in [0, 0.1) is 6.92 Å². The van der Waals surface area contributed by atoms with E-state index in [1.54, 1.807) is 23.5 Å². The van der Waals surface area contributed by atoms with Gasteiger partial charge in [0.25, 0.3) is 0 Å². The molecule has 0 radical (unpaired) electrons. The lowest BCUT2D eigenvalue weighted by molar-refractivity contribution is -0.136. The van der Waals surface area contributed by atoms with Crippen LogP contribution in [0.25, 0.3) is 20.8 Å². The smallest absolute Gasteiger partial charge is 0.313 e. The van der Waals surface area contributed by atoms with Gasteiger partial charge in [-0.1, -0.05) is 6.07 Å². The first kappa shape index (κ1) is 20.0. The van der Waals surface area contributed by atoms with Gasteiger partial charge in [0.05, 0.1) is 10.2 Å². The van der Waals surface area contributed by atoms with Crippen molar-refractivity contribution in [3.63, 3.8) is 0 Å². The normalized spacial score (nSPS) is 10.8. The minimum Gasteiger partial charge on any atom is -0.382 e. The monoisotopic (exact) mass is 397 g/mol. The maximum atomic E-state index is 12.0. The van der Waals surface area contributed by atoms with Crippen LogP contribution in [-0.4, -0.2) is 36.6 Å². The van der Waals surface area contributed by atoms with Gasteiger partial charge in [0.1, 0.15) is 5.01 Å². The van der Waals surface area contributed by atoms with E-state index in [4.69, 9.17) is 4.74 Å². The molecule has 1 heterocycles. The standard InChI is InChI=1S/C21H23N3O3S/c1-3-27-12-4-11-22-19(25)20(26)23-16-8-6-15(7-9-16)21-24-17-10-5-14(2)13-18(17)28-21/h5-10,13H,3-4,11-12H2,1-2H3,(H,22,25)(H,23,26). The minimum atomic E-state index is -0.681. The third kappa shape index (κ3) is 5.15. The van der Waals surface area contributed by atoms with E-state index in [1.807, 2.05) is 31.2 Å². The van der Waals surface area contributed by atoms with Crippen LogP contribution in [0.3, 0.4) is 0 Å². The number of carbonyl (C=O) groups is 2. The maximum absolute atomic E-state index is 12.0. The molecule has 0 aliphatic heterocycles. The van der Waals surface area contributed by atoms with Crippen LogP contribution in [-0.2, 0) is 14.3 Å². The van der Waals surface area contributed by atoms with Crippen LogP contribution in [0.2, 0.25) is 0 Å². The van der Waals surface area contributed by atoms with Crippen molar-refractivity contribution >= 4 is 39.1 Å². The zero-order valence-corrected chi connectivity index (χ0v) is 16.8. The molecule has 0 bridgehead atoms. The van der Waals surface area contributed by atoms with Crippen LogP contribution < -0.4 is 10.6 Å². The molecule has 0 aliphatic carbocycles. The van der Waals surface area contributed by atoms with Crippen molar-refractivity contribution in [2.45, 2.75) is 20.3 Å². The van der Waals surface area contributed by atoms with E-state index >= 15 is 0 Å². The molecule has 2 N–H and O–H groups in total. The van der Waals surface area contributed by atoms with Gasteiger partial charge < -0.3 is 15.4 Å². The Bertz CT molecular complexity index is 967. The molecule has 1 aromatic heterocycles. The molecule has 3 rings (SSSR count). The summed E-state index contributed by atoms with van der Waals surface area (Å²) in [5.41, 5.74) is 3.72. The Balaban J connectivity index is 1.57. The molecule has 0 unspecified atom stereocenters. The highest BCUT2D eigenvalue weighted by atomic mass is 32.1. The van der Waals surface area contributed by atoms with E-state index in [1.165, 1.54) is 5.56 Å². The number of hydrogen-bond acceptors (Lipinski definition) is 5. The molecule has 0 spiro atoms. The molecule has 0 aliphatic rings. The van der Waals surface area contributed by atoms with Gasteiger partial charge in [0.15, 0.2) is 0 Å². The van der Waals surface area contributed by atoms with Crippen molar-refractivity contribution in [3.05, 3.63) is 48.0 Å². The van der Waals surface area contributed by atoms with Crippen molar-refractivity contribution in [1.82, 2.24) is 10.3 Å². The molecule has 0 saturated heterocycles. The van der Waals surface area contributed by atoms with Crippen LogP contribution in [0.15, 0.2) is 42.5 Å². The summed E-state index contributed by atoms with van der Waals surface area (Å²) in [6.07, 6.45) is 0.670. The van der Waals surface area contributed by atoms with Crippen molar-refractivity contribution in [3.8, 4) is 10.6 Å². The average Bonchev–Trinajstić information content (AvgIpc) is 3.11. The number of hydrogen-bond donors (Lipinski definition) is 2. The second-order valence-electron chi connectivity index (χ2n) is 6.33. The zero-order valence-electron chi connectivity index (χ0n) is 16.0. The van der Waals surface area contributed by atoms with Crippen molar-refractivity contribution in [2.75, 3.05) is 25.1 Å². The van der Waals surface area contributed by atoms with Crippen molar-refractivity contribution in [1.29, 1.82) is 0 Å². The number of amides is 2. The van der Waals surface area contributed by atoms with Gasteiger partial charge in [-0.15, -0.1) is 11.3 Å². The molecule has 0 fully saturated rings.